The van der Waals surface area contributed by atoms with Crippen LogP contribution >= 0.6 is 11.6 Å². The number of anilines is 1. The summed E-state index contributed by atoms with van der Waals surface area (Å²) >= 11 is 6.10. The van der Waals surface area contributed by atoms with E-state index in [2.05, 4.69) is 20.5 Å². The van der Waals surface area contributed by atoms with E-state index in [1.807, 2.05) is 6.07 Å². The van der Waals surface area contributed by atoms with E-state index >= 15 is 0 Å². The molecule has 0 atom stereocenters. The lowest BCUT2D eigenvalue weighted by Crippen LogP contribution is -2.13. The Hall–Kier alpha value is -2.77. The van der Waals surface area contributed by atoms with Crippen molar-refractivity contribution in [3.63, 3.8) is 0 Å². The number of aromatic nitrogens is 4. The molecule has 0 bridgehead atoms. The fraction of sp³-hybridized carbons (Fsp3) is 0.167. The van der Waals surface area contributed by atoms with Crippen LogP contribution in [0.25, 0.3) is 27.9 Å². The summed E-state index contributed by atoms with van der Waals surface area (Å²) < 4.78 is 21.1. The van der Waals surface area contributed by atoms with Crippen LogP contribution in [0.4, 0.5) is 10.3 Å². The average molecular weight is 372 g/mol. The Morgan fingerprint density at radius 2 is 2.04 bits per heavy atom. The van der Waals surface area contributed by atoms with E-state index in [4.69, 9.17) is 16.3 Å². The molecule has 8 heteroatoms. The third kappa shape index (κ3) is 2.85. The number of nitrogens with one attached hydrogen (secondary N) is 1. The molecule has 0 radical (unpaired) electrons. The summed E-state index contributed by atoms with van der Waals surface area (Å²) in [5, 5.41) is 13.0. The zero-order chi connectivity index (χ0) is 18.1. The molecule has 2 aromatic carbocycles. The number of hydrogen-bond donors (Lipinski definition) is 1. The number of rotatable bonds is 5. The Bertz CT molecular complexity index is 1100. The first-order chi connectivity index (χ1) is 12.7. The van der Waals surface area contributed by atoms with E-state index in [0.717, 1.165) is 5.39 Å². The molecule has 0 saturated carbocycles. The van der Waals surface area contributed by atoms with Crippen LogP contribution in [0.5, 0.6) is 0 Å². The molecule has 0 aliphatic heterocycles. The predicted molar refractivity (Wildman–Crippen MR) is 99.1 cm³/mol. The van der Waals surface area contributed by atoms with Crippen molar-refractivity contribution >= 4 is 34.1 Å². The maximum absolute atomic E-state index is 14.3. The molecule has 2 aromatic heterocycles. The Kier molecular flexibility index (Phi) is 4.40. The fourth-order valence-electron chi connectivity index (χ4n) is 2.81. The predicted octanol–water partition coefficient (Wildman–Crippen LogP) is 3.80. The summed E-state index contributed by atoms with van der Waals surface area (Å²) in [5.74, 6) is 0.498. The van der Waals surface area contributed by atoms with Gasteiger partial charge in [-0.3, -0.25) is 0 Å². The van der Waals surface area contributed by atoms with Gasteiger partial charge in [0.15, 0.2) is 11.5 Å². The molecule has 0 saturated heterocycles. The molecule has 0 spiro atoms. The highest BCUT2D eigenvalue weighted by molar-refractivity contribution is 6.31. The van der Waals surface area contributed by atoms with Crippen molar-refractivity contribution in [2.45, 2.75) is 0 Å². The molecule has 4 rings (SSSR count). The summed E-state index contributed by atoms with van der Waals surface area (Å²) in [6.45, 7) is 1.02. The Morgan fingerprint density at radius 3 is 2.85 bits per heavy atom. The smallest absolute Gasteiger partial charge is 0.211 e. The second-order valence-corrected chi connectivity index (χ2v) is 6.12. The largest absolute Gasteiger partial charge is 0.383 e. The van der Waals surface area contributed by atoms with Gasteiger partial charge in [0.2, 0.25) is 5.95 Å². The average Bonchev–Trinajstić information content (AvgIpc) is 3.07. The van der Waals surface area contributed by atoms with Crippen LogP contribution in [0.3, 0.4) is 0 Å². The van der Waals surface area contributed by atoms with Crippen LogP contribution in [0.1, 0.15) is 0 Å². The van der Waals surface area contributed by atoms with Gasteiger partial charge in [0.1, 0.15) is 5.82 Å². The number of ether oxygens (including phenoxy) is 1. The summed E-state index contributed by atoms with van der Waals surface area (Å²) in [5.41, 5.74) is 1.60. The van der Waals surface area contributed by atoms with Crippen molar-refractivity contribution in [2.75, 3.05) is 25.6 Å². The molecule has 0 aliphatic rings. The van der Waals surface area contributed by atoms with Crippen LogP contribution in [-0.2, 0) is 4.74 Å². The minimum atomic E-state index is -0.374. The number of benzene rings is 2. The van der Waals surface area contributed by atoms with Crippen molar-refractivity contribution in [3.05, 3.63) is 53.3 Å². The third-order valence-electron chi connectivity index (χ3n) is 4.01. The Labute approximate surface area is 153 Å². The lowest BCUT2D eigenvalue weighted by atomic mass is 10.2. The fourth-order valence-corrected chi connectivity index (χ4v) is 2.98. The Morgan fingerprint density at radius 1 is 1.19 bits per heavy atom. The van der Waals surface area contributed by atoms with Crippen LogP contribution in [0, 0.1) is 5.82 Å². The lowest BCUT2D eigenvalue weighted by molar-refractivity contribution is 0.210. The topological polar surface area (TPSA) is 64.3 Å². The van der Waals surface area contributed by atoms with Gasteiger partial charge in [-0.05, 0) is 30.3 Å². The number of nitrogens with zero attached hydrogens (tertiary/aromatic N) is 4. The van der Waals surface area contributed by atoms with Crippen molar-refractivity contribution in [2.24, 2.45) is 0 Å². The van der Waals surface area contributed by atoms with E-state index in [-0.39, 0.29) is 5.82 Å². The van der Waals surface area contributed by atoms with Gasteiger partial charge in [0.25, 0.3) is 0 Å². The monoisotopic (exact) mass is 371 g/mol. The van der Waals surface area contributed by atoms with Crippen molar-refractivity contribution in [1.29, 1.82) is 0 Å². The molecular formula is C18H15ClFN5O. The van der Waals surface area contributed by atoms with E-state index < -0.39 is 0 Å². The zero-order valence-electron chi connectivity index (χ0n) is 13.9. The van der Waals surface area contributed by atoms with E-state index in [0.29, 0.717) is 46.7 Å². The van der Waals surface area contributed by atoms with Crippen LogP contribution in [0.2, 0.25) is 5.02 Å². The first-order valence-electron chi connectivity index (χ1n) is 8.01. The first kappa shape index (κ1) is 16.7. The second-order valence-electron chi connectivity index (χ2n) is 5.68. The Balaban J connectivity index is 2.00. The molecular weight excluding hydrogens is 357 g/mol. The van der Waals surface area contributed by atoms with Crippen LogP contribution in [0.15, 0.2) is 42.5 Å². The van der Waals surface area contributed by atoms with E-state index in [1.165, 1.54) is 6.07 Å². The van der Waals surface area contributed by atoms with Gasteiger partial charge in [0, 0.05) is 24.1 Å². The molecule has 0 fully saturated rings. The van der Waals surface area contributed by atoms with Crippen LogP contribution in [-0.4, -0.2) is 39.8 Å². The van der Waals surface area contributed by atoms with Crippen LogP contribution < -0.4 is 5.32 Å². The highest BCUT2D eigenvalue weighted by Crippen LogP contribution is 2.29. The van der Waals surface area contributed by atoms with E-state index in [1.54, 1.807) is 41.8 Å². The van der Waals surface area contributed by atoms with Gasteiger partial charge < -0.3 is 10.1 Å². The number of halogens is 2. The van der Waals surface area contributed by atoms with Gasteiger partial charge in [-0.2, -0.15) is 0 Å². The third-order valence-corrected chi connectivity index (χ3v) is 4.24. The molecule has 2 heterocycles. The number of methoxy groups -OCH3 is 1. The molecule has 0 unspecified atom stereocenters. The molecule has 132 valence electrons. The molecule has 6 nitrogen and oxygen atoms in total. The first-order valence-corrected chi connectivity index (χ1v) is 8.39. The summed E-state index contributed by atoms with van der Waals surface area (Å²) in [6.07, 6.45) is 0. The summed E-state index contributed by atoms with van der Waals surface area (Å²) in [4.78, 5) is 4.63. The zero-order valence-corrected chi connectivity index (χ0v) is 14.7. The van der Waals surface area contributed by atoms with Gasteiger partial charge in [0.05, 0.1) is 17.7 Å². The van der Waals surface area contributed by atoms with Crippen molar-refractivity contribution in [3.8, 4) is 11.4 Å². The summed E-state index contributed by atoms with van der Waals surface area (Å²) in [7, 11) is 1.62. The van der Waals surface area contributed by atoms with Gasteiger partial charge in [-0.25, -0.2) is 13.8 Å². The maximum atomic E-state index is 14.3. The number of hydrogen-bond acceptors (Lipinski definition) is 5. The second kappa shape index (κ2) is 6.86. The molecule has 1 N–H and O–H groups in total. The normalized spacial score (nSPS) is 11.3. The quantitative estimate of drug-likeness (QED) is 0.541. The van der Waals surface area contributed by atoms with E-state index in [9.17, 15) is 4.39 Å². The molecule has 26 heavy (non-hydrogen) atoms. The highest BCUT2D eigenvalue weighted by Gasteiger charge is 2.18. The van der Waals surface area contributed by atoms with Crippen molar-refractivity contribution < 1.29 is 9.13 Å². The molecule has 0 aliphatic carbocycles. The SMILES string of the molecule is COCCNc1nc2cc(Cl)ccc2c2nnc(-c3ccccc3F)n12. The van der Waals surface area contributed by atoms with Crippen molar-refractivity contribution in [1.82, 2.24) is 19.6 Å². The van der Waals surface area contributed by atoms with Gasteiger partial charge in [-0.15, -0.1) is 10.2 Å². The summed E-state index contributed by atoms with van der Waals surface area (Å²) in [6, 6.07) is 11.8. The molecule has 4 aromatic rings. The van der Waals surface area contributed by atoms with Gasteiger partial charge >= 0.3 is 0 Å². The molecule has 0 amide bonds. The minimum absolute atomic E-state index is 0.352. The maximum Gasteiger partial charge on any atom is 0.211 e. The minimum Gasteiger partial charge on any atom is -0.383 e. The lowest BCUT2D eigenvalue weighted by Gasteiger charge is -2.11. The highest BCUT2D eigenvalue weighted by atomic mass is 35.5. The standard InChI is InChI=1S/C18H15ClFN5O/c1-26-9-8-21-18-22-15-10-11(19)6-7-13(15)17-24-23-16(25(17)18)12-4-2-3-5-14(12)20/h2-7,10H,8-9H2,1H3,(H,21,22). The van der Waals surface area contributed by atoms with Gasteiger partial charge in [-0.1, -0.05) is 23.7 Å². The number of fused-ring (bicyclic) bond motifs is 3.